The Kier molecular flexibility index (Phi) is 4.14. The smallest absolute Gasteiger partial charge is 0.276 e. The van der Waals surface area contributed by atoms with Crippen molar-refractivity contribution in [1.29, 1.82) is 0 Å². The lowest BCUT2D eigenvalue weighted by molar-refractivity contribution is -0.00351. The summed E-state index contributed by atoms with van der Waals surface area (Å²) in [4.78, 5) is 15.8. The fourth-order valence-electron chi connectivity index (χ4n) is 3.19. The highest BCUT2D eigenvalue weighted by atomic mass is 32.1. The van der Waals surface area contributed by atoms with Crippen LogP contribution in [0.15, 0.2) is 28.1 Å². The zero-order valence-corrected chi connectivity index (χ0v) is 14.8. The number of hydrogen-bond acceptors (Lipinski definition) is 6. The molecule has 7 nitrogen and oxygen atoms in total. The molecule has 0 saturated carbocycles. The average molecular weight is 358 g/mol. The molecular formula is C17H18N4O3S. The first-order valence-corrected chi connectivity index (χ1v) is 8.94. The van der Waals surface area contributed by atoms with Crippen LogP contribution in [0.1, 0.15) is 33.5 Å². The average Bonchev–Trinajstić information content (AvgIpc) is 3.35. The minimum absolute atomic E-state index is 0.153. The number of aromatic amines is 1. The number of aromatic nitrogens is 3. The summed E-state index contributed by atoms with van der Waals surface area (Å²) in [5.41, 5.74) is 3.15. The molecule has 1 unspecified atom stereocenters. The number of thiophene rings is 1. The van der Waals surface area contributed by atoms with Crippen molar-refractivity contribution in [2.24, 2.45) is 0 Å². The molecule has 0 bridgehead atoms. The normalized spacial score (nSPS) is 17.8. The zero-order chi connectivity index (χ0) is 17.4. The molecule has 4 rings (SSSR count). The van der Waals surface area contributed by atoms with E-state index in [1.807, 2.05) is 31.4 Å². The Morgan fingerprint density at radius 3 is 3.04 bits per heavy atom. The highest BCUT2D eigenvalue weighted by molar-refractivity contribution is 7.13. The van der Waals surface area contributed by atoms with Gasteiger partial charge in [-0.3, -0.25) is 9.89 Å². The van der Waals surface area contributed by atoms with E-state index in [9.17, 15) is 4.79 Å². The van der Waals surface area contributed by atoms with Crippen molar-refractivity contribution in [3.8, 4) is 10.6 Å². The van der Waals surface area contributed by atoms with E-state index in [1.54, 1.807) is 22.3 Å². The van der Waals surface area contributed by atoms with Crippen LogP contribution in [0.3, 0.4) is 0 Å². The third-order valence-corrected chi connectivity index (χ3v) is 5.29. The van der Waals surface area contributed by atoms with Gasteiger partial charge in [-0.15, -0.1) is 11.3 Å². The van der Waals surface area contributed by atoms with Crippen LogP contribution in [-0.2, 0) is 4.74 Å². The van der Waals surface area contributed by atoms with Gasteiger partial charge in [0.2, 0.25) is 0 Å². The molecule has 0 aromatic carbocycles. The van der Waals surface area contributed by atoms with Crippen LogP contribution < -0.4 is 0 Å². The number of nitrogens with zero attached hydrogens (tertiary/aromatic N) is 3. The summed E-state index contributed by atoms with van der Waals surface area (Å²) in [6, 6.07) is 5.40. The number of amides is 1. The van der Waals surface area contributed by atoms with E-state index in [2.05, 4.69) is 15.4 Å². The number of morpholine rings is 1. The van der Waals surface area contributed by atoms with Crippen molar-refractivity contribution in [2.45, 2.75) is 19.9 Å². The molecule has 1 saturated heterocycles. The van der Waals surface area contributed by atoms with Crippen LogP contribution in [0.2, 0.25) is 0 Å². The van der Waals surface area contributed by atoms with Gasteiger partial charge in [0.25, 0.3) is 5.91 Å². The number of H-pyrrole nitrogens is 1. The number of rotatable bonds is 3. The molecule has 1 amide bonds. The SMILES string of the molecule is Cc1n[nH]c(C)c1C1COCCN1C(=O)c1cc(-c2cccs2)on1. The van der Waals surface area contributed by atoms with E-state index < -0.39 is 0 Å². The van der Waals surface area contributed by atoms with Gasteiger partial charge < -0.3 is 14.2 Å². The molecule has 0 spiro atoms. The zero-order valence-electron chi connectivity index (χ0n) is 14.0. The van der Waals surface area contributed by atoms with Gasteiger partial charge in [-0.2, -0.15) is 5.10 Å². The van der Waals surface area contributed by atoms with E-state index in [0.717, 1.165) is 21.8 Å². The van der Waals surface area contributed by atoms with Gasteiger partial charge >= 0.3 is 0 Å². The molecule has 4 heterocycles. The lowest BCUT2D eigenvalue weighted by Gasteiger charge is -2.35. The number of ether oxygens (including phenoxy) is 1. The van der Waals surface area contributed by atoms with Crippen molar-refractivity contribution in [2.75, 3.05) is 19.8 Å². The van der Waals surface area contributed by atoms with Gasteiger partial charge in [-0.25, -0.2) is 0 Å². The van der Waals surface area contributed by atoms with Crippen molar-refractivity contribution in [1.82, 2.24) is 20.3 Å². The molecular weight excluding hydrogens is 340 g/mol. The largest absolute Gasteiger partial charge is 0.377 e. The van der Waals surface area contributed by atoms with E-state index in [1.165, 1.54) is 0 Å². The summed E-state index contributed by atoms with van der Waals surface area (Å²) in [6.07, 6.45) is 0. The number of hydrogen-bond donors (Lipinski definition) is 1. The van der Waals surface area contributed by atoms with Gasteiger partial charge in [0.1, 0.15) is 0 Å². The highest BCUT2D eigenvalue weighted by Gasteiger charge is 2.33. The molecule has 1 aliphatic heterocycles. The van der Waals surface area contributed by atoms with Gasteiger partial charge in [-0.05, 0) is 25.3 Å². The third-order valence-electron chi connectivity index (χ3n) is 4.40. The fourth-order valence-corrected chi connectivity index (χ4v) is 3.87. The molecule has 1 atom stereocenters. The molecule has 1 N–H and O–H groups in total. The quantitative estimate of drug-likeness (QED) is 0.778. The first-order chi connectivity index (χ1) is 12.1. The highest BCUT2D eigenvalue weighted by Crippen LogP contribution is 2.31. The van der Waals surface area contributed by atoms with Gasteiger partial charge in [-0.1, -0.05) is 11.2 Å². The molecule has 25 heavy (non-hydrogen) atoms. The predicted molar refractivity (Wildman–Crippen MR) is 92.5 cm³/mol. The third kappa shape index (κ3) is 2.87. The molecule has 0 radical (unpaired) electrons. The number of nitrogens with one attached hydrogen (secondary N) is 1. The Morgan fingerprint density at radius 2 is 2.32 bits per heavy atom. The topological polar surface area (TPSA) is 84.2 Å². The van der Waals surface area contributed by atoms with Gasteiger partial charge in [0.15, 0.2) is 11.5 Å². The summed E-state index contributed by atoms with van der Waals surface area (Å²) in [5.74, 6) is 0.457. The molecule has 1 fully saturated rings. The second-order valence-corrected chi connectivity index (χ2v) is 6.94. The van der Waals surface area contributed by atoms with Crippen molar-refractivity contribution in [3.63, 3.8) is 0 Å². The molecule has 3 aromatic heterocycles. The summed E-state index contributed by atoms with van der Waals surface area (Å²) < 4.78 is 11.0. The minimum Gasteiger partial charge on any atom is -0.377 e. The van der Waals surface area contributed by atoms with Crippen molar-refractivity contribution < 1.29 is 14.1 Å². The van der Waals surface area contributed by atoms with E-state index in [0.29, 0.717) is 31.2 Å². The van der Waals surface area contributed by atoms with Crippen molar-refractivity contribution in [3.05, 3.63) is 46.2 Å². The summed E-state index contributed by atoms with van der Waals surface area (Å²) >= 11 is 1.55. The monoisotopic (exact) mass is 358 g/mol. The van der Waals surface area contributed by atoms with Crippen LogP contribution in [0.5, 0.6) is 0 Å². The number of carbonyl (C=O) groups is 1. The van der Waals surface area contributed by atoms with E-state index in [4.69, 9.17) is 9.26 Å². The lowest BCUT2D eigenvalue weighted by Crippen LogP contribution is -2.43. The molecule has 1 aliphatic rings. The van der Waals surface area contributed by atoms with Crippen LogP contribution in [-0.4, -0.2) is 45.9 Å². The summed E-state index contributed by atoms with van der Waals surface area (Å²) in [7, 11) is 0. The van der Waals surface area contributed by atoms with Crippen LogP contribution >= 0.6 is 11.3 Å². The predicted octanol–water partition coefficient (Wildman–Crippen LogP) is 2.96. The Morgan fingerprint density at radius 1 is 1.44 bits per heavy atom. The summed E-state index contributed by atoms with van der Waals surface area (Å²) in [6.45, 7) is 5.35. The minimum atomic E-state index is -0.179. The summed E-state index contributed by atoms with van der Waals surface area (Å²) in [5, 5.41) is 13.2. The second kappa shape index (κ2) is 6.45. The van der Waals surface area contributed by atoms with Crippen LogP contribution in [0.4, 0.5) is 0 Å². The van der Waals surface area contributed by atoms with Gasteiger partial charge in [0.05, 0.1) is 29.8 Å². The Bertz CT molecular complexity index is 864. The first kappa shape index (κ1) is 16.0. The number of carbonyl (C=O) groups excluding carboxylic acids is 1. The molecule has 8 heteroatoms. The van der Waals surface area contributed by atoms with Crippen LogP contribution in [0.25, 0.3) is 10.6 Å². The van der Waals surface area contributed by atoms with Crippen LogP contribution in [0, 0.1) is 13.8 Å². The lowest BCUT2D eigenvalue weighted by atomic mass is 10.0. The Balaban J connectivity index is 1.63. The Labute approximate surface area is 148 Å². The van der Waals surface area contributed by atoms with E-state index >= 15 is 0 Å². The van der Waals surface area contributed by atoms with E-state index in [-0.39, 0.29) is 11.9 Å². The maximum Gasteiger partial charge on any atom is 0.276 e. The first-order valence-electron chi connectivity index (χ1n) is 8.06. The second-order valence-electron chi connectivity index (χ2n) is 5.99. The van der Waals surface area contributed by atoms with Crippen molar-refractivity contribution >= 4 is 17.2 Å². The maximum absolute atomic E-state index is 13.0. The van der Waals surface area contributed by atoms with Gasteiger partial charge in [0, 0.05) is 23.9 Å². The molecule has 3 aromatic rings. The molecule has 0 aliphatic carbocycles. The number of aryl methyl sites for hydroxylation is 2. The maximum atomic E-state index is 13.0. The standard InChI is InChI=1S/C17H18N4O3S/c1-10-16(11(2)19-18-10)13-9-23-6-5-21(13)17(22)12-8-14(24-20-12)15-4-3-7-25-15/h3-4,7-8,13H,5-6,9H2,1-2H3,(H,18,19). The fraction of sp³-hybridized carbons (Fsp3) is 0.353. The Hall–Kier alpha value is -2.45. The molecule has 130 valence electrons.